The van der Waals surface area contributed by atoms with Crippen molar-refractivity contribution in [1.82, 2.24) is 14.5 Å². The van der Waals surface area contributed by atoms with Crippen LogP contribution in [0.25, 0.3) is 0 Å². The van der Waals surface area contributed by atoms with Crippen molar-refractivity contribution in [3.05, 3.63) is 63.8 Å². The number of hydrogen-bond donors (Lipinski definition) is 0. The third kappa shape index (κ3) is 4.33. The number of piperidine rings is 1. The van der Waals surface area contributed by atoms with Gasteiger partial charge in [0.05, 0.1) is 18.6 Å². The zero-order valence-corrected chi connectivity index (χ0v) is 18.1. The number of carbonyl (C=O) groups excluding carboxylic acids is 1. The molecule has 1 amide bonds. The molecule has 2 aromatic rings. The third-order valence-corrected chi connectivity index (χ3v) is 6.25. The van der Waals surface area contributed by atoms with Gasteiger partial charge in [0.1, 0.15) is 0 Å². The van der Waals surface area contributed by atoms with E-state index in [9.17, 15) is 9.59 Å². The van der Waals surface area contributed by atoms with Crippen LogP contribution < -0.4 is 5.56 Å². The molecule has 4 rings (SSSR count). The van der Waals surface area contributed by atoms with Crippen LogP contribution in [0.3, 0.4) is 0 Å². The second-order valence-electron chi connectivity index (χ2n) is 9.48. The van der Waals surface area contributed by atoms with E-state index in [-0.39, 0.29) is 16.9 Å². The van der Waals surface area contributed by atoms with Crippen LogP contribution in [-0.4, -0.2) is 40.1 Å². The fourth-order valence-corrected chi connectivity index (χ4v) is 4.35. The van der Waals surface area contributed by atoms with Crippen LogP contribution in [0.4, 0.5) is 0 Å². The van der Waals surface area contributed by atoms with E-state index in [1.54, 1.807) is 17.0 Å². The van der Waals surface area contributed by atoms with E-state index in [4.69, 9.17) is 4.74 Å². The molecule has 2 aliphatic rings. The molecule has 0 aliphatic carbocycles. The number of rotatable bonds is 3. The zero-order valence-electron chi connectivity index (χ0n) is 18.1. The Morgan fingerprint density at radius 2 is 1.93 bits per heavy atom. The summed E-state index contributed by atoms with van der Waals surface area (Å²) < 4.78 is 7.56. The van der Waals surface area contributed by atoms with Crippen LogP contribution >= 0.6 is 0 Å². The van der Waals surface area contributed by atoms with Gasteiger partial charge in [0.15, 0.2) is 6.10 Å². The molecular formula is C24H31N3O3. The summed E-state index contributed by atoms with van der Waals surface area (Å²) in [6.45, 7) is 8.81. The highest BCUT2D eigenvalue weighted by Crippen LogP contribution is 2.30. The Labute approximate surface area is 177 Å². The minimum Gasteiger partial charge on any atom is -0.363 e. The highest BCUT2D eigenvalue weighted by atomic mass is 16.5. The van der Waals surface area contributed by atoms with E-state index < -0.39 is 6.10 Å². The van der Waals surface area contributed by atoms with Crippen molar-refractivity contribution in [3.63, 3.8) is 0 Å². The molecule has 6 heteroatoms. The van der Waals surface area contributed by atoms with E-state index in [2.05, 4.69) is 31.8 Å². The molecule has 30 heavy (non-hydrogen) atoms. The second-order valence-corrected chi connectivity index (χ2v) is 9.48. The Bertz CT molecular complexity index is 968. The van der Waals surface area contributed by atoms with E-state index >= 15 is 0 Å². The lowest BCUT2D eigenvalue weighted by atomic mass is 9.92. The highest BCUT2D eigenvalue weighted by Gasteiger charge is 2.33. The van der Waals surface area contributed by atoms with Gasteiger partial charge in [-0.05, 0) is 36.3 Å². The molecule has 0 N–H and O–H groups in total. The first-order chi connectivity index (χ1) is 14.3. The molecule has 2 aliphatic heterocycles. The number of benzene rings is 1. The van der Waals surface area contributed by atoms with Gasteiger partial charge in [-0.2, -0.15) is 0 Å². The van der Waals surface area contributed by atoms with Gasteiger partial charge in [-0.1, -0.05) is 45.0 Å². The Morgan fingerprint density at radius 3 is 2.63 bits per heavy atom. The summed E-state index contributed by atoms with van der Waals surface area (Å²) in [5, 5.41) is 0. The lowest BCUT2D eigenvalue weighted by Crippen LogP contribution is -2.43. The number of carbonyl (C=O) groups is 1. The van der Waals surface area contributed by atoms with Gasteiger partial charge in [-0.3, -0.25) is 14.2 Å². The molecule has 0 radical (unpaired) electrons. The van der Waals surface area contributed by atoms with Gasteiger partial charge in [-0.25, -0.2) is 4.98 Å². The first-order valence-electron chi connectivity index (χ1n) is 10.9. The topological polar surface area (TPSA) is 64.4 Å². The maximum Gasteiger partial charge on any atom is 0.256 e. The van der Waals surface area contributed by atoms with Crippen LogP contribution in [0, 0.1) is 5.92 Å². The maximum absolute atomic E-state index is 13.1. The molecule has 1 atom stereocenters. The fraction of sp³-hybridized carbons (Fsp3) is 0.542. The lowest BCUT2D eigenvalue weighted by molar-refractivity contribution is -0.146. The van der Waals surface area contributed by atoms with Crippen LogP contribution in [0.1, 0.15) is 56.5 Å². The van der Waals surface area contributed by atoms with Crippen LogP contribution in [-0.2, 0) is 27.9 Å². The van der Waals surface area contributed by atoms with Gasteiger partial charge in [0.2, 0.25) is 0 Å². The minimum atomic E-state index is -0.483. The molecule has 1 saturated heterocycles. The van der Waals surface area contributed by atoms with Crippen LogP contribution in [0.2, 0.25) is 0 Å². The summed E-state index contributed by atoms with van der Waals surface area (Å²) in [7, 11) is 0. The van der Waals surface area contributed by atoms with E-state index in [0.717, 1.165) is 30.5 Å². The van der Waals surface area contributed by atoms with Gasteiger partial charge < -0.3 is 9.64 Å². The predicted molar refractivity (Wildman–Crippen MR) is 115 cm³/mol. The molecule has 0 saturated carbocycles. The summed E-state index contributed by atoms with van der Waals surface area (Å²) in [4.78, 5) is 32.0. The SMILES string of the molecule is CC(C)(C)c1cc(=O)n(CC2CCN(C(=O)C3OCCc4ccccc43)CC2)cn1. The largest absolute Gasteiger partial charge is 0.363 e. The standard InChI is InChI=1S/C24H31N3O3/c1-24(2,3)20-14-21(28)27(16-25-20)15-17-8-11-26(12-9-17)23(29)22-19-7-5-4-6-18(19)10-13-30-22/h4-7,14,16-17,22H,8-13,15H2,1-3H3. The number of ether oxygens (including phenoxy) is 1. The summed E-state index contributed by atoms with van der Waals surface area (Å²) in [5.41, 5.74) is 2.90. The first-order valence-corrected chi connectivity index (χ1v) is 10.9. The molecule has 1 unspecified atom stereocenters. The maximum atomic E-state index is 13.1. The van der Waals surface area contributed by atoms with Gasteiger partial charge in [0, 0.05) is 31.1 Å². The van der Waals surface area contributed by atoms with Crippen LogP contribution in [0.15, 0.2) is 41.5 Å². The molecule has 0 spiro atoms. The van der Waals surface area contributed by atoms with Gasteiger partial charge >= 0.3 is 0 Å². The number of likely N-dealkylation sites (tertiary alicyclic amines) is 1. The van der Waals surface area contributed by atoms with E-state index in [1.807, 2.05) is 23.1 Å². The van der Waals surface area contributed by atoms with Gasteiger partial charge in [-0.15, -0.1) is 0 Å². The van der Waals surface area contributed by atoms with Crippen LogP contribution in [0.5, 0.6) is 0 Å². The molecule has 1 aromatic heterocycles. The van der Waals surface area contributed by atoms with E-state index in [1.165, 1.54) is 5.56 Å². The molecule has 160 valence electrons. The van der Waals surface area contributed by atoms with Crippen molar-refractivity contribution in [2.75, 3.05) is 19.7 Å². The molecular weight excluding hydrogens is 378 g/mol. The van der Waals surface area contributed by atoms with Crippen molar-refractivity contribution < 1.29 is 9.53 Å². The fourth-order valence-electron chi connectivity index (χ4n) is 4.35. The normalized spacial score (nSPS) is 20.1. The Balaban J connectivity index is 1.37. The predicted octanol–water partition coefficient (Wildman–Crippen LogP) is 3.09. The minimum absolute atomic E-state index is 0.000596. The quantitative estimate of drug-likeness (QED) is 0.781. The average Bonchev–Trinajstić information content (AvgIpc) is 2.74. The Morgan fingerprint density at radius 1 is 1.20 bits per heavy atom. The summed E-state index contributed by atoms with van der Waals surface area (Å²) in [6, 6.07) is 9.72. The summed E-state index contributed by atoms with van der Waals surface area (Å²) in [6.07, 6.45) is 3.82. The second kappa shape index (κ2) is 8.34. The third-order valence-electron chi connectivity index (χ3n) is 6.25. The highest BCUT2D eigenvalue weighted by molar-refractivity contribution is 5.83. The van der Waals surface area contributed by atoms with Crippen molar-refractivity contribution >= 4 is 5.91 Å². The van der Waals surface area contributed by atoms with Crippen molar-refractivity contribution in [2.24, 2.45) is 5.92 Å². The Hall–Kier alpha value is -2.47. The molecule has 0 bridgehead atoms. The van der Waals surface area contributed by atoms with Crippen molar-refractivity contribution in [3.8, 4) is 0 Å². The lowest BCUT2D eigenvalue weighted by Gasteiger charge is -2.35. The monoisotopic (exact) mass is 409 g/mol. The number of fused-ring (bicyclic) bond motifs is 1. The first kappa shape index (κ1) is 20.8. The smallest absolute Gasteiger partial charge is 0.256 e. The Kier molecular flexibility index (Phi) is 5.78. The zero-order chi connectivity index (χ0) is 21.3. The number of nitrogens with zero attached hydrogens (tertiary/aromatic N) is 3. The number of amides is 1. The van der Waals surface area contributed by atoms with Crippen molar-refractivity contribution in [2.45, 2.75) is 58.1 Å². The van der Waals surface area contributed by atoms with Crippen molar-refractivity contribution in [1.29, 1.82) is 0 Å². The molecule has 3 heterocycles. The molecule has 6 nitrogen and oxygen atoms in total. The number of hydrogen-bond acceptors (Lipinski definition) is 4. The molecule has 1 aromatic carbocycles. The summed E-state index contributed by atoms with van der Waals surface area (Å²) >= 11 is 0. The summed E-state index contributed by atoms with van der Waals surface area (Å²) in [5.74, 6) is 0.433. The number of aromatic nitrogens is 2. The molecule has 1 fully saturated rings. The van der Waals surface area contributed by atoms with E-state index in [0.29, 0.717) is 32.2 Å². The average molecular weight is 410 g/mol. The van der Waals surface area contributed by atoms with Gasteiger partial charge in [0.25, 0.3) is 11.5 Å².